The molecule has 0 atom stereocenters. The fourth-order valence-corrected chi connectivity index (χ4v) is 3.95. The third-order valence-corrected chi connectivity index (χ3v) is 5.90. The second-order valence-electron chi connectivity index (χ2n) is 6.50. The molecule has 3 aromatic rings. The number of rotatable bonds is 6. The highest BCUT2D eigenvalue weighted by Gasteiger charge is 2.32. The lowest BCUT2D eigenvalue weighted by molar-refractivity contribution is -0.137. The average molecular weight is 485 g/mol. The quantitative estimate of drug-likeness (QED) is 0.489. The van der Waals surface area contributed by atoms with Gasteiger partial charge in [0, 0.05) is 16.8 Å². The molecule has 0 aliphatic heterocycles. The van der Waals surface area contributed by atoms with Gasteiger partial charge in [0.25, 0.3) is 15.9 Å². The van der Waals surface area contributed by atoms with E-state index in [0.29, 0.717) is 16.8 Å². The van der Waals surface area contributed by atoms with Crippen molar-refractivity contribution in [1.29, 1.82) is 0 Å². The highest BCUT2D eigenvalue weighted by Crippen LogP contribution is 2.32. The molecular weight excluding hydrogens is 469 g/mol. The van der Waals surface area contributed by atoms with E-state index < -0.39 is 32.6 Å². The second kappa shape index (κ2) is 9.09. The number of carbonyl (C=O) groups is 1. The lowest BCUT2D eigenvalue weighted by atomic mass is 10.1. The summed E-state index contributed by atoms with van der Waals surface area (Å²) in [5, 5.41) is 3.06. The molecule has 2 N–H and O–H groups in total. The summed E-state index contributed by atoms with van der Waals surface area (Å²) in [7, 11) is -3.12. The Hall–Kier alpha value is -3.24. The summed E-state index contributed by atoms with van der Waals surface area (Å²) in [5.74, 6) is -0.425. The van der Waals surface area contributed by atoms with Gasteiger partial charge in [0.15, 0.2) is 0 Å². The van der Waals surface area contributed by atoms with Crippen LogP contribution in [0.15, 0.2) is 71.6 Å². The van der Waals surface area contributed by atoms with Crippen molar-refractivity contribution in [2.45, 2.75) is 11.1 Å². The molecule has 0 aliphatic carbocycles. The van der Waals surface area contributed by atoms with Crippen molar-refractivity contribution in [2.24, 2.45) is 0 Å². The van der Waals surface area contributed by atoms with Crippen molar-refractivity contribution in [1.82, 2.24) is 0 Å². The van der Waals surface area contributed by atoms with Gasteiger partial charge in [-0.05, 0) is 54.6 Å². The van der Waals surface area contributed by atoms with Crippen LogP contribution in [0.5, 0.6) is 5.75 Å². The smallest absolute Gasteiger partial charge is 0.416 e. The molecule has 0 aromatic heterocycles. The summed E-state index contributed by atoms with van der Waals surface area (Å²) in [4.78, 5) is 12.1. The molecule has 0 unspecified atom stereocenters. The van der Waals surface area contributed by atoms with Crippen LogP contribution >= 0.6 is 11.6 Å². The predicted octanol–water partition coefficient (Wildman–Crippen LogP) is 5.42. The summed E-state index contributed by atoms with van der Waals surface area (Å²) in [6, 6.07) is 13.5. The van der Waals surface area contributed by atoms with E-state index in [2.05, 4.69) is 10.0 Å². The Balaban J connectivity index is 1.96. The minimum absolute atomic E-state index is 0.0729. The zero-order chi connectivity index (χ0) is 23.5. The first kappa shape index (κ1) is 23.4. The Morgan fingerprint density at radius 1 is 1.00 bits per heavy atom. The maximum atomic E-state index is 13.0. The van der Waals surface area contributed by atoms with Crippen LogP contribution in [0.1, 0.15) is 15.9 Å². The number of carbonyl (C=O) groups excluding carboxylic acids is 1. The summed E-state index contributed by atoms with van der Waals surface area (Å²) in [6.07, 6.45) is -4.72. The van der Waals surface area contributed by atoms with Gasteiger partial charge in [0.2, 0.25) is 0 Å². The molecule has 0 bridgehead atoms. The topological polar surface area (TPSA) is 84.5 Å². The first-order valence-electron chi connectivity index (χ1n) is 8.94. The van der Waals surface area contributed by atoms with Crippen LogP contribution in [-0.4, -0.2) is 21.4 Å². The van der Waals surface area contributed by atoms with Crippen LogP contribution in [0.25, 0.3) is 0 Å². The number of hydrogen-bond donors (Lipinski definition) is 2. The molecular formula is C21H16ClF3N2O4S. The second-order valence-corrected chi connectivity index (χ2v) is 8.62. The monoisotopic (exact) mass is 484 g/mol. The Morgan fingerprint density at radius 3 is 2.31 bits per heavy atom. The number of methoxy groups -OCH3 is 1. The molecule has 11 heteroatoms. The van der Waals surface area contributed by atoms with Crippen LogP contribution in [0.4, 0.5) is 24.5 Å². The van der Waals surface area contributed by atoms with Gasteiger partial charge in [0.05, 0.1) is 28.8 Å². The van der Waals surface area contributed by atoms with Crippen molar-refractivity contribution in [3.8, 4) is 5.75 Å². The Bertz CT molecular complexity index is 1250. The molecule has 0 fully saturated rings. The number of ether oxygens (including phenoxy) is 1. The molecule has 3 rings (SSSR count). The minimum Gasteiger partial charge on any atom is -0.497 e. The van der Waals surface area contributed by atoms with E-state index in [9.17, 15) is 26.4 Å². The van der Waals surface area contributed by atoms with Gasteiger partial charge in [-0.15, -0.1) is 0 Å². The van der Waals surface area contributed by atoms with E-state index in [0.717, 1.165) is 18.2 Å². The van der Waals surface area contributed by atoms with E-state index >= 15 is 0 Å². The number of anilines is 2. The molecule has 3 aromatic carbocycles. The highest BCUT2D eigenvalue weighted by molar-refractivity contribution is 7.92. The molecule has 6 nitrogen and oxygen atoms in total. The predicted molar refractivity (Wildman–Crippen MR) is 115 cm³/mol. The van der Waals surface area contributed by atoms with E-state index in [-0.39, 0.29) is 17.0 Å². The number of hydrogen-bond acceptors (Lipinski definition) is 4. The molecule has 0 aliphatic rings. The molecule has 32 heavy (non-hydrogen) atoms. The number of alkyl halides is 3. The Labute approximate surface area is 187 Å². The van der Waals surface area contributed by atoms with E-state index in [4.69, 9.17) is 16.3 Å². The third-order valence-electron chi connectivity index (χ3n) is 4.29. The van der Waals surface area contributed by atoms with Gasteiger partial charge in [-0.2, -0.15) is 13.2 Å². The SMILES string of the molecule is COc1ccc(C(=O)Nc2ccc(Cl)cc2)c(NS(=O)(=O)c2cccc(C(F)(F)F)c2)c1. The molecule has 0 saturated carbocycles. The van der Waals surface area contributed by atoms with Crippen molar-refractivity contribution in [3.63, 3.8) is 0 Å². The van der Waals surface area contributed by atoms with Gasteiger partial charge >= 0.3 is 6.18 Å². The van der Waals surface area contributed by atoms with Crippen LogP contribution < -0.4 is 14.8 Å². The lowest BCUT2D eigenvalue weighted by Gasteiger charge is -2.15. The van der Waals surface area contributed by atoms with Gasteiger partial charge in [-0.25, -0.2) is 8.42 Å². The number of benzene rings is 3. The van der Waals surface area contributed by atoms with Crippen LogP contribution in [-0.2, 0) is 16.2 Å². The maximum Gasteiger partial charge on any atom is 0.416 e. The first-order chi connectivity index (χ1) is 15.0. The minimum atomic E-state index is -4.72. The lowest BCUT2D eigenvalue weighted by Crippen LogP contribution is -2.19. The Kier molecular flexibility index (Phi) is 6.65. The van der Waals surface area contributed by atoms with Crippen LogP contribution in [0, 0.1) is 0 Å². The molecule has 1 amide bonds. The zero-order valence-corrected chi connectivity index (χ0v) is 18.0. The summed E-state index contributed by atoms with van der Waals surface area (Å²) in [5.41, 5.74) is -0.960. The maximum absolute atomic E-state index is 13.0. The van der Waals surface area contributed by atoms with Gasteiger partial charge < -0.3 is 10.1 Å². The van der Waals surface area contributed by atoms with E-state index in [1.165, 1.54) is 25.3 Å². The normalized spacial score (nSPS) is 11.7. The molecule has 168 valence electrons. The summed E-state index contributed by atoms with van der Waals surface area (Å²) in [6.45, 7) is 0. The number of amides is 1. The van der Waals surface area contributed by atoms with Crippen molar-refractivity contribution in [3.05, 3.63) is 82.9 Å². The van der Waals surface area contributed by atoms with E-state index in [1.807, 2.05) is 0 Å². The fraction of sp³-hybridized carbons (Fsp3) is 0.0952. The molecule has 0 saturated heterocycles. The van der Waals surface area contributed by atoms with Gasteiger partial charge in [-0.3, -0.25) is 9.52 Å². The average Bonchev–Trinajstić information content (AvgIpc) is 2.74. The molecule has 0 heterocycles. The zero-order valence-electron chi connectivity index (χ0n) is 16.4. The van der Waals surface area contributed by atoms with Gasteiger partial charge in [0.1, 0.15) is 5.75 Å². The van der Waals surface area contributed by atoms with Crippen molar-refractivity contribution in [2.75, 3.05) is 17.1 Å². The number of nitrogens with one attached hydrogen (secondary N) is 2. The van der Waals surface area contributed by atoms with Crippen molar-refractivity contribution < 1.29 is 31.1 Å². The summed E-state index contributed by atoms with van der Waals surface area (Å²) < 4.78 is 71.8. The standard InChI is InChI=1S/C21H16ClF3N2O4S/c1-31-16-9-10-18(20(28)26-15-7-5-14(22)6-8-15)19(12-16)27-32(29,30)17-4-2-3-13(11-17)21(23,24)25/h2-12,27H,1H3,(H,26,28). The van der Waals surface area contributed by atoms with Crippen LogP contribution in [0.2, 0.25) is 5.02 Å². The largest absolute Gasteiger partial charge is 0.497 e. The van der Waals surface area contributed by atoms with Gasteiger partial charge in [-0.1, -0.05) is 17.7 Å². The third kappa shape index (κ3) is 5.51. The molecule has 0 spiro atoms. The van der Waals surface area contributed by atoms with E-state index in [1.54, 1.807) is 24.3 Å². The highest BCUT2D eigenvalue weighted by atomic mass is 35.5. The fourth-order valence-electron chi connectivity index (χ4n) is 2.71. The summed E-state index contributed by atoms with van der Waals surface area (Å²) >= 11 is 5.82. The molecule has 0 radical (unpaired) electrons. The first-order valence-corrected chi connectivity index (χ1v) is 10.8. The number of halogens is 4. The van der Waals surface area contributed by atoms with Crippen molar-refractivity contribution >= 4 is 38.9 Å². The Morgan fingerprint density at radius 2 is 1.69 bits per heavy atom. The van der Waals surface area contributed by atoms with Crippen LogP contribution in [0.3, 0.4) is 0 Å². The number of sulfonamides is 1.